The zero-order valence-corrected chi connectivity index (χ0v) is 14.3. The SMILES string of the molecule is Cc1cc(C)c(NC(=O)CNC(=O)NC2CCCCC2)c(C)c1. The van der Waals surface area contributed by atoms with Gasteiger partial charge >= 0.3 is 6.03 Å². The van der Waals surface area contributed by atoms with E-state index in [-0.39, 0.29) is 24.5 Å². The Hall–Kier alpha value is -2.04. The van der Waals surface area contributed by atoms with Crippen LogP contribution in [0.4, 0.5) is 10.5 Å². The maximum atomic E-state index is 12.0. The van der Waals surface area contributed by atoms with E-state index < -0.39 is 0 Å². The molecule has 1 aliphatic carbocycles. The molecule has 3 amide bonds. The quantitative estimate of drug-likeness (QED) is 0.798. The van der Waals surface area contributed by atoms with Crippen LogP contribution in [0.3, 0.4) is 0 Å². The van der Waals surface area contributed by atoms with Crippen molar-refractivity contribution >= 4 is 17.6 Å². The number of rotatable bonds is 4. The van der Waals surface area contributed by atoms with Gasteiger partial charge in [-0.1, -0.05) is 37.0 Å². The number of nitrogens with one attached hydrogen (secondary N) is 3. The fourth-order valence-corrected chi connectivity index (χ4v) is 3.20. The molecule has 1 aromatic rings. The zero-order chi connectivity index (χ0) is 16.8. The molecular formula is C18H27N3O2. The number of carbonyl (C=O) groups excluding carboxylic acids is 2. The summed E-state index contributed by atoms with van der Waals surface area (Å²) in [7, 11) is 0. The molecule has 0 atom stereocenters. The first-order chi connectivity index (χ1) is 11.0. The second kappa shape index (κ2) is 7.99. The maximum absolute atomic E-state index is 12.0. The number of aryl methyl sites for hydroxylation is 3. The van der Waals surface area contributed by atoms with Crippen molar-refractivity contribution in [3.05, 3.63) is 28.8 Å². The van der Waals surface area contributed by atoms with Gasteiger partial charge in [0.05, 0.1) is 6.54 Å². The molecule has 0 aromatic heterocycles. The standard InChI is InChI=1S/C18H27N3O2/c1-12-9-13(2)17(14(3)10-12)21-16(22)11-19-18(23)20-15-7-5-4-6-8-15/h9-10,15H,4-8,11H2,1-3H3,(H,21,22)(H2,19,20,23). The van der Waals surface area contributed by atoms with Gasteiger partial charge < -0.3 is 16.0 Å². The van der Waals surface area contributed by atoms with Crippen molar-refractivity contribution in [1.29, 1.82) is 0 Å². The van der Waals surface area contributed by atoms with Gasteiger partial charge in [0.2, 0.25) is 5.91 Å². The van der Waals surface area contributed by atoms with Crippen LogP contribution in [0.1, 0.15) is 48.8 Å². The first kappa shape index (κ1) is 17.3. The number of carbonyl (C=O) groups is 2. The minimum absolute atomic E-state index is 0.0225. The van der Waals surface area contributed by atoms with E-state index in [0.717, 1.165) is 42.5 Å². The number of benzene rings is 1. The van der Waals surface area contributed by atoms with Crippen molar-refractivity contribution in [1.82, 2.24) is 10.6 Å². The third-order valence-electron chi connectivity index (χ3n) is 4.29. The summed E-state index contributed by atoms with van der Waals surface area (Å²) >= 11 is 0. The lowest BCUT2D eigenvalue weighted by atomic mass is 9.96. The van der Waals surface area contributed by atoms with Crippen LogP contribution in [0.25, 0.3) is 0 Å². The monoisotopic (exact) mass is 317 g/mol. The average molecular weight is 317 g/mol. The van der Waals surface area contributed by atoms with Crippen molar-refractivity contribution in [2.24, 2.45) is 0 Å². The molecule has 0 saturated heterocycles. The van der Waals surface area contributed by atoms with Gasteiger partial charge in [-0.3, -0.25) is 4.79 Å². The molecule has 5 nitrogen and oxygen atoms in total. The molecule has 5 heteroatoms. The highest BCUT2D eigenvalue weighted by Gasteiger charge is 2.16. The van der Waals surface area contributed by atoms with Gasteiger partial charge in [-0.2, -0.15) is 0 Å². The number of urea groups is 1. The van der Waals surface area contributed by atoms with Crippen LogP contribution in [-0.4, -0.2) is 24.5 Å². The largest absolute Gasteiger partial charge is 0.335 e. The van der Waals surface area contributed by atoms with E-state index >= 15 is 0 Å². The first-order valence-corrected chi connectivity index (χ1v) is 8.38. The maximum Gasteiger partial charge on any atom is 0.315 e. The van der Waals surface area contributed by atoms with Crippen molar-refractivity contribution < 1.29 is 9.59 Å². The van der Waals surface area contributed by atoms with Gasteiger partial charge in [0.25, 0.3) is 0 Å². The van der Waals surface area contributed by atoms with Crippen LogP contribution in [0, 0.1) is 20.8 Å². The molecule has 0 bridgehead atoms. The molecule has 0 heterocycles. The number of hydrogen-bond acceptors (Lipinski definition) is 2. The highest BCUT2D eigenvalue weighted by molar-refractivity contribution is 5.95. The average Bonchev–Trinajstić information content (AvgIpc) is 2.50. The third-order valence-corrected chi connectivity index (χ3v) is 4.29. The van der Waals surface area contributed by atoms with E-state index in [2.05, 4.69) is 16.0 Å². The van der Waals surface area contributed by atoms with Gasteiger partial charge in [0.15, 0.2) is 0 Å². The van der Waals surface area contributed by atoms with E-state index in [4.69, 9.17) is 0 Å². The Morgan fingerprint density at radius 2 is 1.65 bits per heavy atom. The Balaban J connectivity index is 1.80. The summed E-state index contributed by atoms with van der Waals surface area (Å²) in [6.45, 7) is 5.95. The Bertz CT molecular complexity index is 555. The highest BCUT2D eigenvalue weighted by Crippen LogP contribution is 2.21. The summed E-state index contributed by atoms with van der Waals surface area (Å²) in [5.41, 5.74) is 4.06. The fraction of sp³-hybridized carbons (Fsp3) is 0.556. The van der Waals surface area contributed by atoms with E-state index in [9.17, 15) is 9.59 Å². The first-order valence-electron chi connectivity index (χ1n) is 8.38. The van der Waals surface area contributed by atoms with Crippen molar-refractivity contribution in [3.8, 4) is 0 Å². The molecule has 1 saturated carbocycles. The second-order valence-corrected chi connectivity index (χ2v) is 6.48. The Labute approximate surface area is 138 Å². The topological polar surface area (TPSA) is 70.2 Å². The van der Waals surface area contributed by atoms with Crippen LogP contribution in [-0.2, 0) is 4.79 Å². The van der Waals surface area contributed by atoms with Gasteiger partial charge in [-0.05, 0) is 44.7 Å². The molecule has 126 valence electrons. The van der Waals surface area contributed by atoms with E-state index in [1.54, 1.807) is 0 Å². The lowest BCUT2D eigenvalue weighted by Gasteiger charge is -2.22. The Morgan fingerprint density at radius 3 is 2.26 bits per heavy atom. The summed E-state index contributed by atoms with van der Waals surface area (Å²) in [5, 5.41) is 8.46. The lowest BCUT2D eigenvalue weighted by molar-refractivity contribution is -0.115. The number of anilines is 1. The van der Waals surface area contributed by atoms with Crippen LogP contribution in [0.2, 0.25) is 0 Å². The van der Waals surface area contributed by atoms with E-state index in [1.165, 1.54) is 12.0 Å². The second-order valence-electron chi connectivity index (χ2n) is 6.48. The predicted molar refractivity (Wildman–Crippen MR) is 92.7 cm³/mol. The van der Waals surface area contributed by atoms with Crippen molar-refractivity contribution in [3.63, 3.8) is 0 Å². The van der Waals surface area contributed by atoms with Gasteiger partial charge in [0, 0.05) is 11.7 Å². The number of hydrogen-bond donors (Lipinski definition) is 3. The minimum Gasteiger partial charge on any atom is -0.335 e. The van der Waals surface area contributed by atoms with Crippen LogP contribution in [0.5, 0.6) is 0 Å². The van der Waals surface area contributed by atoms with Gasteiger partial charge in [-0.25, -0.2) is 4.79 Å². The van der Waals surface area contributed by atoms with E-state index in [0.29, 0.717) is 0 Å². The summed E-state index contributed by atoms with van der Waals surface area (Å²) in [4.78, 5) is 23.9. The highest BCUT2D eigenvalue weighted by atomic mass is 16.2. The Morgan fingerprint density at radius 1 is 1.04 bits per heavy atom. The molecule has 0 aliphatic heterocycles. The Kier molecular flexibility index (Phi) is 6.02. The van der Waals surface area contributed by atoms with Crippen molar-refractivity contribution in [2.45, 2.75) is 58.9 Å². The van der Waals surface area contributed by atoms with Gasteiger partial charge in [-0.15, -0.1) is 0 Å². The number of amides is 3. The van der Waals surface area contributed by atoms with E-state index in [1.807, 2.05) is 32.9 Å². The fourth-order valence-electron chi connectivity index (χ4n) is 3.20. The molecule has 0 unspecified atom stereocenters. The smallest absolute Gasteiger partial charge is 0.315 e. The molecule has 0 radical (unpaired) electrons. The van der Waals surface area contributed by atoms with Crippen molar-refractivity contribution in [2.75, 3.05) is 11.9 Å². The van der Waals surface area contributed by atoms with Gasteiger partial charge in [0.1, 0.15) is 0 Å². The summed E-state index contributed by atoms with van der Waals surface area (Å²) in [5.74, 6) is -0.209. The summed E-state index contributed by atoms with van der Waals surface area (Å²) in [6, 6.07) is 4.05. The molecule has 2 rings (SSSR count). The lowest BCUT2D eigenvalue weighted by Crippen LogP contribution is -2.45. The molecule has 3 N–H and O–H groups in total. The molecule has 1 fully saturated rings. The predicted octanol–water partition coefficient (Wildman–Crippen LogP) is 3.18. The molecule has 23 heavy (non-hydrogen) atoms. The van der Waals surface area contributed by atoms with Crippen LogP contribution >= 0.6 is 0 Å². The van der Waals surface area contributed by atoms with Crippen LogP contribution in [0.15, 0.2) is 12.1 Å². The normalized spacial score (nSPS) is 15.1. The molecule has 1 aromatic carbocycles. The summed E-state index contributed by atoms with van der Waals surface area (Å²) < 4.78 is 0. The van der Waals surface area contributed by atoms with Crippen LogP contribution < -0.4 is 16.0 Å². The minimum atomic E-state index is -0.260. The summed E-state index contributed by atoms with van der Waals surface area (Å²) in [6.07, 6.45) is 5.63. The molecule has 0 spiro atoms. The molecular weight excluding hydrogens is 290 g/mol. The third kappa shape index (κ3) is 5.27. The zero-order valence-electron chi connectivity index (χ0n) is 14.3. The molecule has 1 aliphatic rings.